The number of carbonyl (C=O) groups is 1. The Morgan fingerprint density at radius 1 is 1.35 bits per heavy atom. The number of likely N-dealkylation sites (tertiary alicyclic amines) is 1. The number of anilines is 1. The molecule has 1 aromatic heterocycles. The summed E-state index contributed by atoms with van der Waals surface area (Å²) in [6, 6.07) is 7.36. The normalized spacial score (nSPS) is 17.0. The van der Waals surface area contributed by atoms with Crippen molar-refractivity contribution in [3.63, 3.8) is 0 Å². The van der Waals surface area contributed by atoms with Gasteiger partial charge in [-0.05, 0) is 69.1 Å². The van der Waals surface area contributed by atoms with E-state index in [9.17, 15) is 4.79 Å². The van der Waals surface area contributed by atoms with Gasteiger partial charge < -0.3 is 10.1 Å². The number of aryl methyl sites for hydroxylation is 1. The zero-order valence-electron chi connectivity index (χ0n) is 15.8. The molecule has 0 radical (unpaired) electrons. The van der Waals surface area contributed by atoms with Crippen LogP contribution < -0.4 is 10.1 Å². The first-order chi connectivity index (χ1) is 12.6. The Bertz CT molecular complexity index is 718. The van der Waals surface area contributed by atoms with Crippen LogP contribution in [0.2, 0.25) is 0 Å². The van der Waals surface area contributed by atoms with Crippen LogP contribution in [0.1, 0.15) is 43.4 Å². The lowest BCUT2D eigenvalue weighted by atomic mass is 9.90. The zero-order valence-corrected chi connectivity index (χ0v) is 15.8. The molecule has 140 valence electrons. The van der Waals surface area contributed by atoms with Gasteiger partial charge in [-0.25, -0.2) is 0 Å². The summed E-state index contributed by atoms with van der Waals surface area (Å²) in [5.74, 6) is 1.36. The van der Waals surface area contributed by atoms with Crippen molar-refractivity contribution in [1.29, 1.82) is 0 Å². The lowest BCUT2D eigenvalue weighted by Gasteiger charge is -2.36. The number of methoxy groups -OCH3 is 1. The van der Waals surface area contributed by atoms with Gasteiger partial charge in [-0.3, -0.25) is 14.8 Å². The highest BCUT2D eigenvalue weighted by molar-refractivity contribution is 5.94. The predicted octanol–water partition coefficient (Wildman–Crippen LogP) is 3.32. The monoisotopic (exact) mass is 356 g/mol. The topological polar surface area (TPSA) is 70.2 Å². The molecular weight excluding hydrogens is 328 g/mol. The van der Waals surface area contributed by atoms with Gasteiger partial charge in [-0.2, -0.15) is 5.10 Å². The third-order valence-corrected chi connectivity index (χ3v) is 5.29. The SMILES string of the molecule is CC[C@H](C(=O)Nc1ccc(OC)cc1)N1CCC(c2[nH]ncc2C)CC1. The van der Waals surface area contributed by atoms with Crippen molar-refractivity contribution in [2.75, 3.05) is 25.5 Å². The highest BCUT2D eigenvalue weighted by Gasteiger charge is 2.30. The average Bonchev–Trinajstić information content (AvgIpc) is 3.09. The molecular formula is C20H28N4O2. The number of carbonyl (C=O) groups excluding carboxylic acids is 1. The first-order valence-electron chi connectivity index (χ1n) is 9.31. The third kappa shape index (κ3) is 4.07. The molecule has 0 saturated carbocycles. The lowest BCUT2D eigenvalue weighted by Crippen LogP contribution is -2.47. The molecule has 1 fully saturated rings. The Hall–Kier alpha value is -2.34. The van der Waals surface area contributed by atoms with Crippen molar-refractivity contribution < 1.29 is 9.53 Å². The minimum atomic E-state index is -0.0964. The van der Waals surface area contributed by atoms with Gasteiger partial charge in [-0.1, -0.05) is 6.92 Å². The second-order valence-electron chi connectivity index (χ2n) is 6.92. The molecule has 2 aromatic rings. The standard InChI is InChI=1S/C20H28N4O2/c1-4-18(20(25)22-16-5-7-17(26-3)8-6-16)24-11-9-15(10-12-24)19-14(2)13-21-23-19/h5-8,13,15,18H,4,9-12H2,1-3H3,(H,21,23)(H,22,25)/t18-/m1/s1. The summed E-state index contributed by atoms with van der Waals surface area (Å²) in [5, 5.41) is 10.3. The summed E-state index contributed by atoms with van der Waals surface area (Å²) in [5.41, 5.74) is 3.28. The van der Waals surface area contributed by atoms with E-state index >= 15 is 0 Å². The third-order valence-electron chi connectivity index (χ3n) is 5.29. The van der Waals surface area contributed by atoms with Gasteiger partial charge in [0.2, 0.25) is 5.91 Å². The van der Waals surface area contributed by atoms with Gasteiger partial charge in [0, 0.05) is 17.3 Å². The molecule has 1 aromatic carbocycles. The fraction of sp³-hybridized carbons (Fsp3) is 0.500. The van der Waals surface area contributed by atoms with E-state index in [0.717, 1.165) is 43.8 Å². The number of benzene rings is 1. The number of ether oxygens (including phenoxy) is 1. The molecule has 0 aliphatic carbocycles. The highest BCUT2D eigenvalue weighted by atomic mass is 16.5. The van der Waals surface area contributed by atoms with E-state index < -0.39 is 0 Å². The predicted molar refractivity (Wildman–Crippen MR) is 103 cm³/mol. The molecule has 1 atom stereocenters. The molecule has 6 nitrogen and oxygen atoms in total. The number of nitrogens with one attached hydrogen (secondary N) is 2. The van der Waals surface area contributed by atoms with Crippen LogP contribution in [0.3, 0.4) is 0 Å². The fourth-order valence-corrected chi connectivity index (χ4v) is 3.78. The number of amides is 1. The molecule has 1 aliphatic rings. The molecule has 0 unspecified atom stereocenters. The second kappa shape index (κ2) is 8.36. The van der Waals surface area contributed by atoms with E-state index in [4.69, 9.17) is 4.74 Å². The van der Waals surface area contributed by atoms with Crippen LogP contribution >= 0.6 is 0 Å². The Balaban J connectivity index is 1.58. The van der Waals surface area contributed by atoms with Crippen LogP contribution in [0.4, 0.5) is 5.69 Å². The maximum atomic E-state index is 12.8. The minimum Gasteiger partial charge on any atom is -0.497 e. The number of nitrogens with zero attached hydrogens (tertiary/aromatic N) is 2. The van der Waals surface area contributed by atoms with Crippen LogP contribution in [0.25, 0.3) is 0 Å². The quantitative estimate of drug-likeness (QED) is 0.833. The first kappa shape index (κ1) is 18.5. The molecule has 2 heterocycles. The van der Waals surface area contributed by atoms with Gasteiger partial charge >= 0.3 is 0 Å². The number of rotatable bonds is 6. The lowest BCUT2D eigenvalue weighted by molar-refractivity contribution is -0.121. The number of hydrogen-bond acceptors (Lipinski definition) is 4. The summed E-state index contributed by atoms with van der Waals surface area (Å²) in [6.45, 7) is 6.03. The van der Waals surface area contributed by atoms with Crippen molar-refractivity contribution in [3.8, 4) is 5.75 Å². The number of aromatic amines is 1. The van der Waals surface area contributed by atoms with Crippen LogP contribution in [0.15, 0.2) is 30.5 Å². The summed E-state index contributed by atoms with van der Waals surface area (Å²) >= 11 is 0. The molecule has 1 saturated heterocycles. The molecule has 3 rings (SSSR count). The Morgan fingerprint density at radius 2 is 2.04 bits per heavy atom. The van der Waals surface area contributed by atoms with E-state index in [1.165, 1.54) is 11.3 Å². The summed E-state index contributed by atoms with van der Waals surface area (Å²) in [7, 11) is 1.63. The zero-order chi connectivity index (χ0) is 18.5. The number of aromatic nitrogens is 2. The molecule has 1 amide bonds. The van der Waals surface area contributed by atoms with Gasteiger partial charge in [-0.15, -0.1) is 0 Å². The second-order valence-corrected chi connectivity index (χ2v) is 6.92. The maximum absolute atomic E-state index is 12.8. The fourth-order valence-electron chi connectivity index (χ4n) is 3.78. The Morgan fingerprint density at radius 3 is 2.58 bits per heavy atom. The van der Waals surface area contributed by atoms with E-state index in [2.05, 4.69) is 34.3 Å². The molecule has 2 N–H and O–H groups in total. The Kier molecular flexibility index (Phi) is 5.93. The van der Waals surface area contributed by atoms with Crippen LogP contribution in [-0.2, 0) is 4.79 Å². The van der Waals surface area contributed by atoms with E-state index in [1.54, 1.807) is 7.11 Å². The van der Waals surface area contributed by atoms with Crippen molar-refractivity contribution in [3.05, 3.63) is 41.7 Å². The van der Waals surface area contributed by atoms with E-state index in [-0.39, 0.29) is 11.9 Å². The summed E-state index contributed by atoms with van der Waals surface area (Å²) in [4.78, 5) is 15.1. The van der Waals surface area contributed by atoms with Gasteiger partial charge in [0.05, 0.1) is 19.3 Å². The van der Waals surface area contributed by atoms with Crippen molar-refractivity contribution in [1.82, 2.24) is 15.1 Å². The van der Waals surface area contributed by atoms with Crippen LogP contribution in [0, 0.1) is 6.92 Å². The van der Waals surface area contributed by atoms with Gasteiger partial charge in [0.1, 0.15) is 5.75 Å². The van der Waals surface area contributed by atoms with E-state index in [0.29, 0.717) is 5.92 Å². The summed E-state index contributed by atoms with van der Waals surface area (Å²) < 4.78 is 5.16. The van der Waals surface area contributed by atoms with Gasteiger partial charge in [0.15, 0.2) is 0 Å². The first-order valence-corrected chi connectivity index (χ1v) is 9.31. The Labute approximate surface area is 154 Å². The van der Waals surface area contributed by atoms with Gasteiger partial charge in [0.25, 0.3) is 0 Å². The van der Waals surface area contributed by atoms with Crippen molar-refractivity contribution in [2.45, 2.75) is 45.1 Å². The van der Waals surface area contributed by atoms with Crippen molar-refractivity contribution in [2.24, 2.45) is 0 Å². The molecule has 6 heteroatoms. The minimum absolute atomic E-state index is 0.0637. The summed E-state index contributed by atoms with van der Waals surface area (Å²) in [6.07, 6.45) is 4.79. The van der Waals surface area contributed by atoms with Crippen molar-refractivity contribution >= 4 is 11.6 Å². The number of H-pyrrole nitrogens is 1. The molecule has 26 heavy (non-hydrogen) atoms. The van der Waals surface area contributed by atoms with E-state index in [1.807, 2.05) is 30.5 Å². The maximum Gasteiger partial charge on any atom is 0.241 e. The largest absolute Gasteiger partial charge is 0.497 e. The number of hydrogen-bond donors (Lipinski definition) is 2. The van der Waals surface area contributed by atoms with Crippen LogP contribution in [-0.4, -0.2) is 47.2 Å². The highest BCUT2D eigenvalue weighted by Crippen LogP contribution is 2.30. The molecule has 0 spiro atoms. The smallest absolute Gasteiger partial charge is 0.241 e. The average molecular weight is 356 g/mol. The van der Waals surface area contributed by atoms with Crippen LogP contribution in [0.5, 0.6) is 5.75 Å². The molecule has 0 bridgehead atoms. The molecule has 1 aliphatic heterocycles. The number of piperidine rings is 1.